The van der Waals surface area contributed by atoms with Gasteiger partial charge < -0.3 is 4.74 Å². The summed E-state index contributed by atoms with van der Waals surface area (Å²) in [5, 5.41) is 9.01. The number of hydrogen-bond acceptors (Lipinski definition) is 2. The third kappa shape index (κ3) is 2.79. The van der Waals surface area contributed by atoms with E-state index < -0.39 is 0 Å². The minimum absolute atomic E-state index is 0.274. The van der Waals surface area contributed by atoms with Gasteiger partial charge in [0.2, 0.25) is 0 Å². The third-order valence-electron chi connectivity index (χ3n) is 3.85. The molecule has 90 valence electrons. The van der Waals surface area contributed by atoms with Crippen molar-refractivity contribution in [1.82, 2.24) is 0 Å². The molecule has 2 nitrogen and oxygen atoms in total. The summed E-state index contributed by atoms with van der Waals surface area (Å²) in [4.78, 5) is 0. The zero-order valence-electron chi connectivity index (χ0n) is 10.5. The summed E-state index contributed by atoms with van der Waals surface area (Å²) in [7, 11) is 0. The third-order valence-corrected chi connectivity index (χ3v) is 3.85. The zero-order chi connectivity index (χ0) is 12.3. The Kier molecular flexibility index (Phi) is 3.68. The summed E-state index contributed by atoms with van der Waals surface area (Å²) in [5.74, 6) is 2.24. The van der Waals surface area contributed by atoms with Gasteiger partial charge in [0.1, 0.15) is 11.8 Å². The Labute approximate surface area is 103 Å². The van der Waals surface area contributed by atoms with Crippen molar-refractivity contribution in [3.63, 3.8) is 0 Å². The van der Waals surface area contributed by atoms with Gasteiger partial charge in [-0.2, -0.15) is 5.26 Å². The molecule has 0 spiro atoms. The first-order chi connectivity index (χ1) is 8.20. The molecule has 3 atom stereocenters. The molecule has 0 radical (unpaired) electrons. The lowest BCUT2D eigenvalue weighted by atomic mass is 9.80. The fourth-order valence-electron chi connectivity index (χ4n) is 2.45. The topological polar surface area (TPSA) is 33.0 Å². The Bertz CT molecular complexity index is 421. The predicted molar refractivity (Wildman–Crippen MR) is 67.8 cm³/mol. The van der Waals surface area contributed by atoms with Gasteiger partial charge in [0.05, 0.1) is 11.7 Å². The van der Waals surface area contributed by atoms with E-state index in [1.165, 1.54) is 6.42 Å². The molecule has 0 aliphatic heterocycles. The first-order valence-corrected chi connectivity index (χ1v) is 6.36. The molecule has 1 saturated carbocycles. The lowest BCUT2D eigenvalue weighted by Crippen LogP contribution is -2.28. The molecule has 0 bridgehead atoms. The Morgan fingerprint density at radius 3 is 2.65 bits per heavy atom. The molecule has 3 unspecified atom stereocenters. The van der Waals surface area contributed by atoms with Gasteiger partial charge in [0.15, 0.2) is 0 Å². The van der Waals surface area contributed by atoms with Gasteiger partial charge in [-0.3, -0.25) is 0 Å². The molecule has 1 aromatic rings. The van der Waals surface area contributed by atoms with Gasteiger partial charge in [-0.25, -0.2) is 0 Å². The van der Waals surface area contributed by atoms with E-state index >= 15 is 0 Å². The van der Waals surface area contributed by atoms with Crippen LogP contribution in [0.15, 0.2) is 24.3 Å². The van der Waals surface area contributed by atoms with E-state index in [4.69, 9.17) is 10.00 Å². The molecular weight excluding hydrogens is 210 g/mol. The maximum absolute atomic E-state index is 9.01. The fourth-order valence-corrected chi connectivity index (χ4v) is 2.45. The van der Waals surface area contributed by atoms with Crippen LogP contribution in [0, 0.1) is 23.2 Å². The van der Waals surface area contributed by atoms with E-state index in [9.17, 15) is 0 Å². The van der Waals surface area contributed by atoms with E-state index in [0.717, 1.165) is 24.5 Å². The number of nitriles is 1. The van der Waals surface area contributed by atoms with Gasteiger partial charge in [-0.15, -0.1) is 0 Å². The van der Waals surface area contributed by atoms with Crippen LogP contribution in [0.25, 0.3) is 0 Å². The standard InChI is InChI=1S/C15H19NO/c1-11-7-8-14(9-12(11)2)17-15-6-4-3-5-13(15)10-16/h3-6,11-12,14H,7-9H2,1-2H3. The molecule has 2 heteroatoms. The minimum Gasteiger partial charge on any atom is -0.489 e. The molecule has 17 heavy (non-hydrogen) atoms. The lowest BCUT2D eigenvalue weighted by Gasteiger charge is -2.32. The summed E-state index contributed by atoms with van der Waals surface area (Å²) >= 11 is 0. The van der Waals surface area contributed by atoms with Crippen molar-refractivity contribution in [3.05, 3.63) is 29.8 Å². The molecule has 0 heterocycles. The quantitative estimate of drug-likeness (QED) is 0.773. The van der Waals surface area contributed by atoms with Crippen LogP contribution in [-0.4, -0.2) is 6.10 Å². The molecular formula is C15H19NO. The second kappa shape index (κ2) is 5.23. The number of benzene rings is 1. The van der Waals surface area contributed by atoms with Crippen LogP contribution in [0.3, 0.4) is 0 Å². The average molecular weight is 229 g/mol. The van der Waals surface area contributed by atoms with E-state index in [0.29, 0.717) is 11.5 Å². The number of ether oxygens (including phenoxy) is 1. The summed E-state index contributed by atoms with van der Waals surface area (Å²) in [6, 6.07) is 9.67. The molecule has 1 aliphatic carbocycles. The largest absolute Gasteiger partial charge is 0.489 e. The van der Waals surface area contributed by atoms with Crippen LogP contribution in [0.2, 0.25) is 0 Å². The van der Waals surface area contributed by atoms with E-state index in [1.807, 2.05) is 24.3 Å². The Balaban J connectivity index is 2.04. The second-order valence-corrected chi connectivity index (χ2v) is 5.12. The predicted octanol–water partition coefficient (Wildman–Crippen LogP) is 3.76. The zero-order valence-corrected chi connectivity index (χ0v) is 10.5. The van der Waals surface area contributed by atoms with Crippen LogP contribution in [0.1, 0.15) is 38.7 Å². The maximum atomic E-state index is 9.01. The molecule has 0 N–H and O–H groups in total. The van der Waals surface area contributed by atoms with Crippen LogP contribution in [0.5, 0.6) is 5.75 Å². The van der Waals surface area contributed by atoms with Crippen LogP contribution < -0.4 is 4.74 Å². The van der Waals surface area contributed by atoms with Crippen LogP contribution in [0.4, 0.5) is 0 Å². The van der Waals surface area contributed by atoms with Gasteiger partial charge in [-0.1, -0.05) is 26.0 Å². The number of hydrogen-bond donors (Lipinski definition) is 0. The summed E-state index contributed by atoms with van der Waals surface area (Å²) < 4.78 is 5.97. The van der Waals surface area contributed by atoms with Crippen molar-refractivity contribution in [2.24, 2.45) is 11.8 Å². The van der Waals surface area contributed by atoms with E-state index in [1.54, 1.807) is 0 Å². The molecule has 0 saturated heterocycles. The Morgan fingerprint density at radius 2 is 1.94 bits per heavy atom. The molecule has 0 amide bonds. The van der Waals surface area contributed by atoms with Gasteiger partial charge in [0.25, 0.3) is 0 Å². The highest BCUT2D eigenvalue weighted by atomic mass is 16.5. The Hall–Kier alpha value is -1.49. The van der Waals surface area contributed by atoms with Crippen molar-refractivity contribution < 1.29 is 4.74 Å². The highest BCUT2D eigenvalue weighted by molar-refractivity contribution is 5.42. The van der Waals surface area contributed by atoms with Gasteiger partial charge >= 0.3 is 0 Å². The van der Waals surface area contributed by atoms with E-state index in [2.05, 4.69) is 19.9 Å². The first kappa shape index (κ1) is 12.0. The minimum atomic E-state index is 0.274. The number of nitrogens with zero attached hydrogens (tertiary/aromatic N) is 1. The van der Waals surface area contributed by atoms with Crippen molar-refractivity contribution in [3.8, 4) is 11.8 Å². The summed E-state index contributed by atoms with van der Waals surface area (Å²) in [5.41, 5.74) is 0.638. The van der Waals surface area contributed by atoms with Gasteiger partial charge in [0, 0.05) is 0 Å². The molecule has 1 aromatic carbocycles. The van der Waals surface area contributed by atoms with Crippen molar-refractivity contribution >= 4 is 0 Å². The lowest BCUT2D eigenvalue weighted by molar-refractivity contribution is 0.100. The van der Waals surface area contributed by atoms with Crippen molar-refractivity contribution in [2.45, 2.75) is 39.2 Å². The molecule has 1 aliphatic rings. The van der Waals surface area contributed by atoms with Crippen molar-refractivity contribution in [1.29, 1.82) is 5.26 Å². The highest BCUT2D eigenvalue weighted by Crippen LogP contribution is 2.32. The second-order valence-electron chi connectivity index (χ2n) is 5.12. The fraction of sp³-hybridized carbons (Fsp3) is 0.533. The smallest absolute Gasteiger partial charge is 0.137 e. The molecule has 2 rings (SSSR count). The van der Waals surface area contributed by atoms with Crippen molar-refractivity contribution in [2.75, 3.05) is 0 Å². The van der Waals surface area contributed by atoms with E-state index in [-0.39, 0.29) is 6.10 Å². The summed E-state index contributed by atoms with van der Waals surface area (Å²) in [6.07, 6.45) is 3.70. The highest BCUT2D eigenvalue weighted by Gasteiger charge is 2.26. The van der Waals surface area contributed by atoms with Crippen LogP contribution in [-0.2, 0) is 0 Å². The first-order valence-electron chi connectivity index (χ1n) is 6.36. The number of para-hydroxylation sites is 1. The maximum Gasteiger partial charge on any atom is 0.137 e. The normalized spacial score (nSPS) is 28.4. The number of rotatable bonds is 2. The summed E-state index contributed by atoms with van der Waals surface area (Å²) in [6.45, 7) is 4.60. The molecule has 1 fully saturated rings. The molecule has 0 aromatic heterocycles. The monoisotopic (exact) mass is 229 g/mol. The SMILES string of the molecule is CC1CCC(Oc2ccccc2C#N)CC1C. The Morgan fingerprint density at radius 1 is 1.18 bits per heavy atom. The average Bonchev–Trinajstić information content (AvgIpc) is 2.34. The van der Waals surface area contributed by atoms with Gasteiger partial charge in [-0.05, 0) is 43.2 Å². The van der Waals surface area contributed by atoms with Crippen LogP contribution >= 0.6 is 0 Å².